The van der Waals surface area contributed by atoms with E-state index in [4.69, 9.17) is 10.5 Å². The van der Waals surface area contributed by atoms with Gasteiger partial charge in [0, 0.05) is 12.7 Å². The molecular weight excluding hydrogens is 268 g/mol. The molecule has 0 bridgehead atoms. The van der Waals surface area contributed by atoms with E-state index in [0.717, 1.165) is 28.3 Å². The molecule has 0 spiro atoms. The molecule has 0 fully saturated rings. The average Bonchev–Trinajstić information content (AvgIpc) is 2.88. The third-order valence-electron chi connectivity index (χ3n) is 3.07. The normalized spacial score (nSPS) is 10.7. The Morgan fingerprint density at radius 3 is 2.86 bits per heavy atom. The summed E-state index contributed by atoms with van der Waals surface area (Å²) >= 11 is 0. The van der Waals surface area contributed by atoms with Gasteiger partial charge in [-0.2, -0.15) is 5.10 Å². The number of hydrogen-bond donors (Lipinski definition) is 2. The highest BCUT2D eigenvalue weighted by molar-refractivity contribution is 5.85. The first kappa shape index (κ1) is 13.2. The van der Waals surface area contributed by atoms with Crippen molar-refractivity contribution in [2.24, 2.45) is 7.05 Å². The zero-order valence-corrected chi connectivity index (χ0v) is 11.7. The van der Waals surface area contributed by atoms with Gasteiger partial charge in [0.1, 0.15) is 24.5 Å². The van der Waals surface area contributed by atoms with E-state index in [-0.39, 0.29) is 0 Å². The van der Waals surface area contributed by atoms with E-state index in [1.165, 1.54) is 6.33 Å². The maximum absolute atomic E-state index is 5.62. The molecule has 7 nitrogen and oxygen atoms in total. The molecular formula is C14H16N6O. The minimum absolute atomic E-state index is 0.523. The number of benzene rings is 1. The molecule has 3 N–H and O–H groups in total. The van der Waals surface area contributed by atoms with Crippen LogP contribution in [-0.4, -0.2) is 32.9 Å². The number of anilines is 2. The number of aromatic nitrogens is 4. The molecule has 0 amide bonds. The van der Waals surface area contributed by atoms with Crippen LogP contribution in [0.2, 0.25) is 0 Å². The van der Waals surface area contributed by atoms with Crippen molar-refractivity contribution < 1.29 is 4.74 Å². The molecule has 0 aliphatic heterocycles. The molecule has 0 atom stereocenters. The fraction of sp³-hybridized carbons (Fsp3) is 0.214. The molecule has 3 rings (SSSR count). The topological polar surface area (TPSA) is 90.9 Å². The highest BCUT2D eigenvalue weighted by Crippen LogP contribution is 2.17. The number of rotatable bonds is 5. The van der Waals surface area contributed by atoms with Gasteiger partial charge in [-0.1, -0.05) is 0 Å². The number of nitrogen functional groups attached to an aromatic ring is 1. The monoisotopic (exact) mass is 284 g/mol. The number of hydrogen-bond acceptors (Lipinski definition) is 6. The molecule has 2 aromatic heterocycles. The molecule has 21 heavy (non-hydrogen) atoms. The molecule has 0 saturated heterocycles. The smallest absolute Gasteiger partial charge is 0.163 e. The largest absolute Gasteiger partial charge is 0.492 e. The molecule has 7 heteroatoms. The molecule has 0 aliphatic rings. The molecule has 2 heterocycles. The molecule has 0 radical (unpaired) electrons. The van der Waals surface area contributed by atoms with Gasteiger partial charge in [-0.05, 0) is 24.3 Å². The second kappa shape index (κ2) is 5.66. The Morgan fingerprint density at radius 2 is 2.05 bits per heavy atom. The molecule has 0 unspecified atom stereocenters. The molecule has 3 aromatic rings. The van der Waals surface area contributed by atoms with Crippen molar-refractivity contribution >= 4 is 22.5 Å². The number of nitrogens with two attached hydrogens (primary N) is 1. The van der Waals surface area contributed by atoms with E-state index in [2.05, 4.69) is 20.4 Å². The number of fused-ring (bicyclic) bond motifs is 1. The summed E-state index contributed by atoms with van der Waals surface area (Å²) in [7, 11) is 1.85. The van der Waals surface area contributed by atoms with Crippen LogP contribution in [0.5, 0.6) is 5.75 Å². The lowest BCUT2D eigenvalue weighted by Crippen LogP contribution is -2.12. The van der Waals surface area contributed by atoms with Gasteiger partial charge in [0.05, 0.1) is 18.1 Å². The zero-order chi connectivity index (χ0) is 14.7. The lowest BCUT2D eigenvalue weighted by atomic mass is 10.3. The van der Waals surface area contributed by atoms with Gasteiger partial charge in [-0.25, -0.2) is 9.97 Å². The third kappa shape index (κ3) is 2.86. The fourth-order valence-corrected chi connectivity index (χ4v) is 2.01. The van der Waals surface area contributed by atoms with E-state index >= 15 is 0 Å². The van der Waals surface area contributed by atoms with Crippen LogP contribution >= 0.6 is 0 Å². The minimum atomic E-state index is 0.523. The van der Waals surface area contributed by atoms with Gasteiger partial charge < -0.3 is 15.8 Å². The summed E-state index contributed by atoms with van der Waals surface area (Å²) in [6.45, 7) is 1.15. The highest BCUT2D eigenvalue weighted by atomic mass is 16.5. The van der Waals surface area contributed by atoms with Gasteiger partial charge in [0.25, 0.3) is 0 Å². The maximum Gasteiger partial charge on any atom is 0.163 e. The number of aryl methyl sites for hydroxylation is 1. The number of nitrogens with zero attached hydrogens (tertiary/aromatic N) is 4. The minimum Gasteiger partial charge on any atom is -0.492 e. The SMILES string of the molecule is Cn1ncc2c(NCCOc3ccc(N)cc3)ncnc21. The average molecular weight is 284 g/mol. The van der Waals surface area contributed by atoms with Crippen LogP contribution in [0, 0.1) is 0 Å². The first-order valence-electron chi connectivity index (χ1n) is 6.59. The fourth-order valence-electron chi connectivity index (χ4n) is 2.01. The van der Waals surface area contributed by atoms with Crippen molar-refractivity contribution in [2.45, 2.75) is 0 Å². The Bertz CT molecular complexity index is 737. The summed E-state index contributed by atoms with van der Waals surface area (Å²) in [4.78, 5) is 8.42. The number of nitrogens with one attached hydrogen (secondary N) is 1. The van der Waals surface area contributed by atoms with Gasteiger partial charge in [0.15, 0.2) is 5.65 Å². The van der Waals surface area contributed by atoms with Gasteiger partial charge in [-0.15, -0.1) is 0 Å². The predicted molar refractivity (Wildman–Crippen MR) is 81.1 cm³/mol. The number of ether oxygens (including phenoxy) is 1. The van der Waals surface area contributed by atoms with Gasteiger partial charge >= 0.3 is 0 Å². The summed E-state index contributed by atoms with van der Waals surface area (Å²) in [5, 5.41) is 8.30. The molecule has 1 aromatic carbocycles. The Morgan fingerprint density at radius 1 is 1.24 bits per heavy atom. The van der Waals surface area contributed by atoms with E-state index in [9.17, 15) is 0 Å². The first-order valence-corrected chi connectivity index (χ1v) is 6.59. The van der Waals surface area contributed by atoms with Crippen molar-refractivity contribution in [3.8, 4) is 5.75 Å². The quantitative estimate of drug-likeness (QED) is 0.544. The van der Waals surface area contributed by atoms with E-state index in [1.54, 1.807) is 10.9 Å². The van der Waals surface area contributed by atoms with Crippen LogP contribution in [-0.2, 0) is 7.05 Å². The summed E-state index contributed by atoms with van der Waals surface area (Å²) in [5.41, 5.74) is 7.14. The van der Waals surface area contributed by atoms with Crippen molar-refractivity contribution in [1.82, 2.24) is 19.7 Å². The van der Waals surface area contributed by atoms with E-state index in [1.807, 2.05) is 31.3 Å². The van der Waals surface area contributed by atoms with Crippen molar-refractivity contribution in [2.75, 3.05) is 24.2 Å². The summed E-state index contributed by atoms with van der Waals surface area (Å²) in [6.07, 6.45) is 3.27. The zero-order valence-electron chi connectivity index (χ0n) is 11.7. The van der Waals surface area contributed by atoms with Gasteiger partial charge in [-0.3, -0.25) is 4.68 Å². The standard InChI is InChI=1S/C14H16N6O/c1-20-14-12(8-19-20)13(17-9-18-14)16-6-7-21-11-4-2-10(15)3-5-11/h2-5,8-9H,6-7,15H2,1H3,(H,16,17,18). The Hall–Kier alpha value is -2.83. The lowest BCUT2D eigenvalue weighted by molar-refractivity contribution is 0.333. The summed E-state index contributed by atoms with van der Waals surface area (Å²) in [5.74, 6) is 1.55. The Kier molecular flexibility index (Phi) is 3.55. The summed E-state index contributed by atoms with van der Waals surface area (Å²) < 4.78 is 7.33. The molecule has 108 valence electrons. The summed E-state index contributed by atoms with van der Waals surface area (Å²) in [6, 6.07) is 7.32. The van der Waals surface area contributed by atoms with Crippen LogP contribution in [0.25, 0.3) is 11.0 Å². The lowest BCUT2D eigenvalue weighted by Gasteiger charge is -2.08. The van der Waals surface area contributed by atoms with Crippen molar-refractivity contribution in [3.05, 3.63) is 36.8 Å². The maximum atomic E-state index is 5.62. The van der Waals surface area contributed by atoms with E-state index in [0.29, 0.717) is 13.2 Å². The Balaban J connectivity index is 1.58. The van der Waals surface area contributed by atoms with Crippen molar-refractivity contribution in [3.63, 3.8) is 0 Å². The Labute approximate surface area is 121 Å². The molecule has 0 aliphatic carbocycles. The second-order valence-corrected chi connectivity index (χ2v) is 4.57. The van der Waals surface area contributed by atoms with Crippen LogP contribution < -0.4 is 15.8 Å². The van der Waals surface area contributed by atoms with Gasteiger partial charge in [0.2, 0.25) is 0 Å². The second-order valence-electron chi connectivity index (χ2n) is 4.57. The van der Waals surface area contributed by atoms with E-state index < -0.39 is 0 Å². The predicted octanol–water partition coefficient (Wildman–Crippen LogP) is 1.44. The van der Waals surface area contributed by atoms with Crippen LogP contribution in [0.4, 0.5) is 11.5 Å². The van der Waals surface area contributed by atoms with Crippen LogP contribution in [0.1, 0.15) is 0 Å². The van der Waals surface area contributed by atoms with Crippen molar-refractivity contribution in [1.29, 1.82) is 0 Å². The van der Waals surface area contributed by atoms with Crippen LogP contribution in [0.3, 0.4) is 0 Å². The van der Waals surface area contributed by atoms with Crippen LogP contribution in [0.15, 0.2) is 36.8 Å². The first-order chi connectivity index (χ1) is 10.2. The third-order valence-corrected chi connectivity index (χ3v) is 3.07. The molecule has 0 saturated carbocycles. The highest BCUT2D eigenvalue weighted by Gasteiger charge is 2.06.